The van der Waals surface area contributed by atoms with Crippen LogP contribution in [0, 0.1) is 13.8 Å². The lowest BCUT2D eigenvalue weighted by Crippen LogP contribution is -2.26. The van der Waals surface area contributed by atoms with Crippen molar-refractivity contribution in [3.63, 3.8) is 0 Å². The van der Waals surface area contributed by atoms with Crippen LogP contribution >= 0.6 is 12.2 Å². The standard InChI is InChI=1S/C25H27N9S/c1-4-20-7-5-6-8-22(20)31-25(35)33-24(32-23-28-17(2)13-18(3)29-23)30-21-11-9-19(10-12-21)14-34-16-26-15-27-34/h5-13,15-16H,4,14H2,1-3H3,(H3,28,29,30,31,32,33,35). The van der Waals surface area contributed by atoms with Crippen LogP contribution < -0.4 is 16.0 Å². The summed E-state index contributed by atoms with van der Waals surface area (Å²) in [6, 6.07) is 17.9. The Kier molecular flexibility index (Phi) is 7.74. The Morgan fingerprint density at radius 1 is 0.971 bits per heavy atom. The molecule has 2 heterocycles. The van der Waals surface area contributed by atoms with Crippen LogP contribution in [0.2, 0.25) is 0 Å². The molecule has 0 fully saturated rings. The minimum Gasteiger partial charge on any atom is -0.331 e. The molecule has 0 unspecified atom stereocenters. The fourth-order valence-electron chi connectivity index (χ4n) is 3.50. The molecule has 9 nitrogen and oxygen atoms in total. The average Bonchev–Trinajstić information content (AvgIpc) is 3.33. The van der Waals surface area contributed by atoms with Gasteiger partial charge in [-0.25, -0.2) is 19.6 Å². The zero-order valence-corrected chi connectivity index (χ0v) is 20.7. The molecule has 0 saturated heterocycles. The van der Waals surface area contributed by atoms with Crippen LogP contribution in [0.25, 0.3) is 0 Å². The maximum atomic E-state index is 5.55. The van der Waals surface area contributed by atoms with Gasteiger partial charge in [0.25, 0.3) is 0 Å². The van der Waals surface area contributed by atoms with Gasteiger partial charge in [0.15, 0.2) is 0 Å². The number of thiocarbonyl (C=S) groups is 1. The van der Waals surface area contributed by atoms with E-state index in [1.165, 1.54) is 6.33 Å². The zero-order chi connectivity index (χ0) is 24.6. The number of guanidine groups is 1. The number of rotatable bonds is 6. The Morgan fingerprint density at radius 2 is 1.71 bits per heavy atom. The van der Waals surface area contributed by atoms with E-state index in [1.54, 1.807) is 11.0 Å². The first-order chi connectivity index (χ1) is 17.0. The van der Waals surface area contributed by atoms with Crippen molar-refractivity contribution in [3.8, 4) is 0 Å². The van der Waals surface area contributed by atoms with E-state index in [0.717, 1.165) is 40.3 Å². The monoisotopic (exact) mass is 485 g/mol. The average molecular weight is 486 g/mol. The molecule has 178 valence electrons. The third kappa shape index (κ3) is 6.90. The van der Waals surface area contributed by atoms with Crippen LogP contribution in [0.5, 0.6) is 0 Å². The molecule has 0 spiro atoms. The number of aromatic nitrogens is 5. The minimum atomic E-state index is 0.313. The number of nitrogens with zero attached hydrogens (tertiary/aromatic N) is 6. The van der Waals surface area contributed by atoms with Gasteiger partial charge in [-0.15, -0.1) is 0 Å². The molecule has 0 saturated carbocycles. The Bertz CT molecular complexity index is 1300. The second-order valence-corrected chi connectivity index (χ2v) is 8.30. The lowest BCUT2D eigenvalue weighted by atomic mass is 10.1. The molecule has 10 heteroatoms. The summed E-state index contributed by atoms with van der Waals surface area (Å²) in [6.45, 7) is 6.59. The first kappa shape index (κ1) is 24.0. The number of anilines is 3. The highest BCUT2D eigenvalue weighted by molar-refractivity contribution is 7.80. The van der Waals surface area contributed by atoms with E-state index in [-0.39, 0.29) is 0 Å². The Morgan fingerprint density at radius 3 is 2.40 bits per heavy atom. The number of aliphatic imine (C=N–C) groups is 1. The summed E-state index contributed by atoms with van der Waals surface area (Å²) in [4.78, 5) is 17.5. The van der Waals surface area contributed by atoms with Gasteiger partial charge in [-0.05, 0) is 67.9 Å². The molecule has 0 radical (unpaired) electrons. The second kappa shape index (κ2) is 11.3. The van der Waals surface area contributed by atoms with E-state index >= 15 is 0 Å². The van der Waals surface area contributed by atoms with Gasteiger partial charge < -0.3 is 10.6 Å². The van der Waals surface area contributed by atoms with Gasteiger partial charge in [0, 0.05) is 22.8 Å². The minimum absolute atomic E-state index is 0.313. The highest BCUT2D eigenvalue weighted by Crippen LogP contribution is 2.16. The zero-order valence-electron chi connectivity index (χ0n) is 19.9. The van der Waals surface area contributed by atoms with Crippen LogP contribution in [0.15, 0.2) is 72.2 Å². The highest BCUT2D eigenvalue weighted by atomic mass is 32.1. The molecule has 0 atom stereocenters. The summed E-state index contributed by atoms with van der Waals surface area (Å²) in [6.07, 6.45) is 4.10. The first-order valence-corrected chi connectivity index (χ1v) is 11.6. The molecule has 0 aliphatic carbocycles. The fraction of sp³-hybridized carbons (Fsp3) is 0.200. The van der Waals surface area contributed by atoms with Gasteiger partial charge in [-0.3, -0.25) is 5.32 Å². The number of aryl methyl sites for hydroxylation is 3. The summed E-state index contributed by atoms with van der Waals surface area (Å²) < 4.78 is 1.77. The Labute approximate surface area is 209 Å². The molecule has 2 aromatic heterocycles. The van der Waals surface area contributed by atoms with Gasteiger partial charge in [0.1, 0.15) is 12.7 Å². The van der Waals surface area contributed by atoms with E-state index in [1.807, 2.05) is 62.4 Å². The first-order valence-electron chi connectivity index (χ1n) is 11.2. The molecule has 2 aromatic carbocycles. The van der Waals surface area contributed by atoms with Crippen LogP contribution in [0.4, 0.5) is 17.3 Å². The molecule has 0 aliphatic heterocycles. The Balaban J connectivity index is 1.55. The maximum Gasteiger partial charge on any atom is 0.229 e. The van der Waals surface area contributed by atoms with Crippen LogP contribution in [0.1, 0.15) is 29.4 Å². The summed E-state index contributed by atoms with van der Waals surface area (Å²) in [5.41, 5.74) is 5.73. The summed E-state index contributed by atoms with van der Waals surface area (Å²) in [5, 5.41) is 14.2. The molecule has 0 amide bonds. The quantitative estimate of drug-likeness (QED) is 0.207. The van der Waals surface area contributed by atoms with E-state index in [2.05, 4.69) is 54.0 Å². The molecule has 4 rings (SSSR count). The molecule has 3 N–H and O–H groups in total. The van der Waals surface area contributed by atoms with Crippen molar-refractivity contribution in [2.24, 2.45) is 4.99 Å². The molecule has 0 aliphatic rings. The van der Waals surface area contributed by atoms with E-state index < -0.39 is 0 Å². The largest absolute Gasteiger partial charge is 0.331 e. The van der Waals surface area contributed by atoms with E-state index in [9.17, 15) is 0 Å². The van der Waals surface area contributed by atoms with Crippen LogP contribution in [-0.4, -0.2) is 35.8 Å². The van der Waals surface area contributed by atoms with Crippen molar-refractivity contribution < 1.29 is 0 Å². The fourth-order valence-corrected chi connectivity index (χ4v) is 3.70. The third-order valence-electron chi connectivity index (χ3n) is 5.09. The second-order valence-electron chi connectivity index (χ2n) is 7.92. The van der Waals surface area contributed by atoms with Gasteiger partial charge in [-0.1, -0.05) is 37.3 Å². The summed E-state index contributed by atoms with van der Waals surface area (Å²) in [7, 11) is 0. The smallest absolute Gasteiger partial charge is 0.229 e. The SMILES string of the molecule is CCc1ccccc1NC(=S)/N=C(\Nc1ccc(Cn2cncn2)cc1)Nc1nc(C)cc(C)n1. The number of benzene rings is 2. The molecular formula is C25H27N9S. The number of hydrogen-bond acceptors (Lipinski definition) is 5. The van der Waals surface area contributed by atoms with E-state index in [4.69, 9.17) is 12.2 Å². The Hall–Kier alpha value is -4.18. The number of nitrogens with one attached hydrogen (secondary N) is 3. The predicted octanol–water partition coefficient (Wildman–Crippen LogP) is 4.57. The van der Waals surface area contributed by atoms with Crippen molar-refractivity contribution in [2.45, 2.75) is 33.7 Å². The van der Waals surface area contributed by atoms with Crippen molar-refractivity contribution >= 4 is 40.6 Å². The van der Waals surface area contributed by atoms with Crippen LogP contribution in [-0.2, 0) is 13.0 Å². The maximum absolute atomic E-state index is 5.55. The van der Waals surface area contributed by atoms with Gasteiger partial charge >= 0.3 is 0 Å². The molecule has 4 aromatic rings. The van der Waals surface area contributed by atoms with Gasteiger partial charge in [0.2, 0.25) is 17.0 Å². The predicted molar refractivity (Wildman–Crippen MR) is 144 cm³/mol. The van der Waals surface area contributed by atoms with Crippen molar-refractivity contribution in [2.75, 3.05) is 16.0 Å². The van der Waals surface area contributed by atoms with Crippen molar-refractivity contribution in [3.05, 3.63) is 89.8 Å². The summed E-state index contributed by atoms with van der Waals surface area (Å²) >= 11 is 5.55. The summed E-state index contributed by atoms with van der Waals surface area (Å²) in [5.74, 6) is 0.846. The molecular weight excluding hydrogens is 458 g/mol. The van der Waals surface area contributed by atoms with Crippen LogP contribution in [0.3, 0.4) is 0 Å². The lowest BCUT2D eigenvalue weighted by Gasteiger charge is -2.14. The normalized spacial score (nSPS) is 11.2. The number of para-hydroxylation sites is 1. The highest BCUT2D eigenvalue weighted by Gasteiger charge is 2.09. The number of hydrogen-bond donors (Lipinski definition) is 3. The molecule has 0 bridgehead atoms. The van der Waals surface area contributed by atoms with Crippen molar-refractivity contribution in [1.29, 1.82) is 0 Å². The topological polar surface area (TPSA) is 105 Å². The lowest BCUT2D eigenvalue weighted by molar-refractivity contribution is 0.685. The molecule has 35 heavy (non-hydrogen) atoms. The van der Waals surface area contributed by atoms with Crippen molar-refractivity contribution in [1.82, 2.24) is 24.7 Å². The van der Waals surface area contributed by atoms with Gasteiger partial charge in [-0.2, -0.15) is 10.1 Å². The van der Waals surface area contributed by atoms with E-state index in [0.29, 0.717) is 23.6 Å². The van der Waals surface area contributed by atoms with Gasteiger partial charge in [0.05, 0.1) is 6.54 Å². The third-order valence-corrected chi connectivity index (χ3v) is 5.29.